The van der Waals surface area contributed by atoms with Gasteiger partial charge in [0.05, 0.1) is 22.8 Å². The molecule has 0 radical (unpaired) electrons. The lowest BCUT2D eigenvalue weighted by atomic mass is 9.96. The zero-order chi connectivity index (χ0) is 11.3. The second kappa shape index (κ2) is 2.84. The lowest BCUT2D eigenvalue weighted by molar-refractivity contribution is -0.140. The molecule has 16 heavy (non-hydrogen) atoms. The Morgan fingerprint density at radius 1 is 1.50 bits per heavy atom. The van der Waals surface area contributed by atoms with Gasteiger partial charge in [-0.1, -0.05) is 6.07 Å². The molecule has 1 saturated carbocycles. The summed E-state index contributed by atoms with van der Waals surface area (Å²) in [5, 5.41) is 9.21. The molecule has 1 N–H and O–H groups in total. The van der Waals surface area contributed by atoms with Crippen LogP contribution in [0.25, 0.3) is 11.0 Å². The number of hydrogen-bond acceptors (Lipinski definition) is 2. The molecule has 1 fully saturated rings. The van der Waals surface area contributed by atoms with Crippen LogP contribution in [-0.4, -0.2) is 20.6 Å². The Kier molecular flexibility index (Phi) is 1.67. The van der Waals surface area contributed by atoms with E-state index < -0.39 is 11.4 Å². The average molecular weight is 216 g/mol. The number of nitrogens with zero attached hydrogens (tertiary/aromatic N) is 2. The van der Waals surface area contributed by atoms with Gasteiger partial charge in [0.2, 0.25) is 0 Å². The first-order chi connectivity index (χ1) is 7.63. The highest BCUT2D eigenvalue weighted by molar-refractivity contribution is 5.87. The Morgan fingerprint density at radius 3 is 2.88 bits per heavy atom. The minimum absolute atomic E-state index is 0.633. The third kappa shape index (κ3) is 1.10. The van der Waals surface area contributed by atoms with Crippen molar-refractivity contribution >= 4 is 17.0 Å². The number of fused-ring (bicyclic) bond motifs is 1. The molecule has 82 valence electrons. The standard InChI is InChI=1S/C12H12N2O2/c1-14-7-13-9-6-8(2-3-10(9)14)12(4-5-12)11(15)16/h2-3,6-7H,4-5H2,1H3,(H,15,16). The first-order valence-electron chi connectivity index (χ1n) is 5.28. The number of carboxylic acids is 1. The number of rotatable bonds is 2. The highest BCUT2D eigenvalue weighted by Gasteiger charge is 2.51. The van der Waals surface area contributed by atoms with Gasteiger partial charge in [0.15, 0.2) is 0 Å². The van der Waals surface area contributed by atoms with Crippen molar-refractivity contribution in [2.45, 2.75) is 18.3 Å². The van der Waals surface area contributed by atoms with Gasteiger partial charge in [-0.25, -0.2) is 4.98 Å². The maximum Gasteiger partial charge on any atom is 0.314 e. The van der Waals surface area contributed by atoms with E-state index in [0.29, 0.717) is 0 Å². The van der Waals surface area contributed by atoms with Gasteiger partial charge in [0.25, 0.3) is 0 Å². The van der Waals surface area contributed by atoms with Crippen molar-refractivity contribution in [3.8, 4) is 0 Å². The minimum Gasteiger partial charge on any atom is -0.481 e. The molecule has 0 spiro atoms. The SMILES string of the molecule is Cn1cnc2cc(C3(C(=O)O)CC3)ccc21. The number of aliphatic carboxylic acids is 1. The first-order valence-corrected chi connectivity index (χ1v) is 5.28. The van der Waals surface area contributed by atoms with Crippen molar-refractivity contribution in [1.82, 2.24) is 9.55 Å². The van der Waals surface area contributed by atoms with Crippen LogP contribution in [0.5, 0.6) is 0 Å². The maximum absolute atomic E-state index is 11.2. The topological polar surface area (TPSA) is 55.1 Å². The lowest BCUT2D eigenvalue weighted by Gasteiger charge is -2.09. The molecule has 1 aromatic heterocycles. The number of carbonyl (C=O) groups is 1. The molecule has 1 heterocycles. The molecular weight excluding hydrogens is 204 g/mol. The monoisotopic (exact) mass is 216 g/mol. The molecule has 0 unspecified atom stereocenters. The molecule has 1 aliphatic carbocycles. The molecular formula is C12H12N2O2. The number of aryl methyl sites for hydroxylation is 1. The maximum atomic E-state index is 11.2. The van der Waals surface area contributed by atoms with Gasteiger partial charge < -0.3 is 9.67 Å². The van der Waals surface area contributed by atoms with E-state index in [1.165, 1.54) is 0 Å². The molecule has 1 aliphatic rings. The minimum atomic E-state index is -0.720. The predicted molar refractivity (Wildman–Crippen MR) is 59.3 cm³/mol. The van der Waals surface area contributed by atoms with Crippen molar-refractivity contribution in [1.29, 1.82) is 0 Å². The fourth-order valence-electron chi connectivity index (χ4n) is 2.18. The fourth-order valence-corrected chi connectivity index (χ4v) is 2.18. The highest BCUT2D eigenvalue weighted by atomic mass is 16.4. The molecule has 2 aromatic rings. The molecule has 0 atom stereocenters. The average Bonchev–Trinajstić information content (AvgIpc) is 3.00. The van der Waals surface area contributed by atoms with Gasteiger partial charge in [0.1, 0.15) is 0 Å². The van der Waals surface area contributed by atoms with E-state index in [0.717, 1.165) is 29.4 Å². The molecule has 3 rings (SSSR count). The van der Waals surface area contributed by atoms with Crippen LogP contribution < -0.4 is 0 Å². The first kappa shape index (κ1) is 9.39. The summed E-state index contributed by atoms with van der Waals surface area (Å²) in [6.07, 6.45) is 3.22. The van der Waals surface area contributed by atoms with Crippen molar-refractivity contribution < 1.29 is 9.90 Å². The van der Waals surface area contributed by atoms with Gasteiger partial charge >= 0.3 is 5.97 Å². The fraction of sp³-hybridized carbons (Fsp3) is 0.333. The van der Waals surface area contributed by atoms with E-state index in [9.17, 15) is 9.90 Å². The summed E-state index contributed by atoms with van der Waals surface area (Å²) in [5.41, 5.74) is 2.15. The summed E-state index contributed by atoms with van der Waals surface area (Å²) >= 11 is 0. The third-order valence-corrected chi connectivity index (χ3v) is 3.44. The quantitative estimate of drug-likeness (QED) is 0.831. The Hall–Kier alpha value is -1.84. The summed E-state index contributed by atoms with van der Waals surface area (Å²) < 4.78 is 1.93. The molecule has 4 heteroatoms. The molecule has 4 nitrogen and oxygen atoms in total. The van der Waals surface area contributed by atoms with E-state index in [4.69, 9.17) is 0 Å². The highest BCUT2D eigenvalue weighted by Crippen LogP contribution is 2.48. The predicted octanol–water partition coefficient (Wildman–Crippen LogP) is 1.69. The van der Waals surface area contributed by atoms with Crippen LogP contribution in [0.15, 0.2) is 24.5 Å². The molecule has 0 aliphatic heterocycles. The number of hydrogen-bond donors (Lipinski definition) is 1. The lowest BCUT2D eigenvalue weighted by Crippen LogP contribution is -2.19. The Balaban J connectivity index is 2.16. The number of benzene rings is 1. The third-order valence-electron chi connectivity index (χ3n) is 3.44. The van der Waals surface area contributed by atoms with Crippen molar-refractivity contribution in [2.75, 3.05) is 0 Å². The van der Waals surface area contributed by atoms with Gasteiger partial charge in [-0.15, -0.1) is 0 Å². The van der Waals surface area contributed by atoms with Crippen molar-refractivity contribution in [2.24, 2.45) is 7.05 Å². The van der Waals surface area contributed by atoms with Crippen LogP contribution in [0.4, 0.5) is 0 Å². The van der Waals surface area contributed by atoms with Crippen LogP contribution in [0.1, 0.15) is 18.4 Å². The van der Waals surface area contributed by atoms with E-state index in [1.54, 1.807) is 6.33 Å². The molecule has 0 saturated heterocycles. The number of carboxylic acid groups (broad SMARTS) is 1. The second-order valence-electron chi connectivity index (χ2n) is 4.45. The molecule has 0 bridgehead atoms. The van der Waals surface area contributed by atoms with Crippen LogP contribution in [0, 0.1) is 0 Å². The van der Waals surface area contributed by atoms with Gasteiger partial charge in [-0.05, 0) is 30.5 Å². The summed E-state index contributed by atoms with van der Waals surface area (Å²) in [7, 11) is 1.93. The van der Waals surface area contributed by atoms with E-state index >= 15 is 0 Å². The summed E-state index contributed by atoms with van der Waals surface area (Å²) in [5.74, 6) is -0.720. The summed E-state index contributed by atoms with van der Waals surface area (Å²) in [6, 6.07) is 5.75. The van der Waals surface area contributed by atoms with Crippen LogP contribution in [0.2, 0.25) is 0 Å². The van der Waals surface area contributed by atoms with Crippen molar-refractivity contribution in [3.63, 3.8) is 0 Å². The van der Waals surface area contributed by atoms with Crippen LogP contribution in [-0.2, 0) is 17.3 Å². The molecule has 1 aromatic carbocycles. The number of imidazole rings is 1. The Labute approximate surface area is 92.5 Å². The smallest absolute Gasteiger partial charge is 0.314 e. The molecule has 0 amide bonds. The van der Waals surface area contributed by atoms with E-state index in [-0.39, 0.29) is 0 Å². The summed E-state index contributed by atoms with van der Waals surface area (Å²) in [6.45, 7) is 0. The summed E-state index contributed by atoms with van der Waals surface area (Å²) in [4.78, 5) is 15.4. The van der Waals surface area contributed by atoms with Crippen LogP contribution in [0.3, 0.4) is 0 Å². The van der Waals surface area contributed by atoms with Gasteiger partial charge in [0, 0.05) is 7.05 Å². The van der Waals surface area contributed by atoms with Crippen molar-refractivity contribution in [3.05, 3.63) is 30.1 Å². The zero-order valence-electron chi connectivity index (χ0n) is 8.97. The zero-order valence-corrected chi connectivity index (χ0v) is 8.97. The van der Waals surface area contributed by atoms with E-state index in [2.05, 4.69) is 4.98 Å². The van der Waals surface area contributed by atoms with Gasteiger partial charge in [-0.3, -0.25) is 4.79 Å². The van der Waals surface area contributed by atoms with E-state index in [1.807, 2.05) is 29.8 Å². The van der Waals surface area contributed by atoms with Gasteiger partial charge in [-0.2, -0.15) is 0 Å². The Morgan fingerprint density at radius 2 is 2.25 bits per heavy atom. The normalized spacial score (nSPS) is 17.6. The second-order valence-corrected chi connectivity index (χ2v) is 4.45. The largest absolute Gasteiger partial charge is 0.481 e. The van der Waals surface area contributed by atoms with Crippen LogP contribution >= 0.6 is 0 Å². The Bertz CT molecular complexity index is 582. The number of aromatic nitrogens is 2.